The summed E-state index contributed by atoms with van der Waals surface area (Å²) in [6, 6.07) is 18.4. The van der Waals surface area contributed by atoms with Crippen molar-refractivity contribution in [2.75, 3.05) is 29.8 Å². The van der Waals surface area contributed by atoms with Gasteiger partial charge in [0.2, 0.25) is 0 Å². The SMILES string of the molecule is CCN(c1ccccc1)S(=O)(=O)c1ccc(OC)c(NCC(=O)c2ccc(OC(F)F)cc2)c1. The average Bonchev–Trinajstić information content (AvgIpc) is 2.83. The van der Waals surface area contributed by atoms with Crippen LogP contribution in [0, 0.1) is 0 Å². The maximum absolute atomic E-state index is 13.3. The third-order valence-corrected chi connectivity index (χ3v) is 6.83. The first-order valence-corrected chi connectivity index (χ1v) is 11.8. The number of halogens is 2. The fraction of sp³-hybridized carbons (Fsp3) is 0.208. The van der Waals surface area contributed by atoms with E-state index < -0.39 is 16.6 Å². The molecule has 0 aliphatic carbocycles. The lowest BCUT2D eigenvalue weighted by atomic mass is 10.1. The van der Waals surface area contributed by atoms with Gasteiger partial charge < -0.3 is 14.8 Å². The second-order valence-corrected chi connectivity index (χ2v) is 8.91. The molecule has 0 aliphatic rings. The number of ketones is 1. The fourth-order valence-electron chi connectivity index (χ4n) is 3.30. The van der Waals surface area contributed by atoms with Gasteiger partial charge in [0.15, 0.2) is 5.78 Å². The quantitative estimate of drug-likeness (QED) is 0.389. The summed E-state index contributed by atoms with van der Waals surface area (Å²) in [5.74, 6) is -0.0356. The first-order valence-electron chi connectivity index (χ1n) is 10.3. The van der Waals surface area contributed by atoms with E-state index in [9.17, 15) is 22.0 Å². The van der Waals surface area contributed by atoms with Crippen molar-refractivity contribution in [3.05, 3.63) is 78.4 Å². The number of benzene rings is 3. The van der Waals surface area contributed by atoms with Crippen LogP contribution in [0.5, 0.6) is 11.5 Å². The Morgan fingerprint density at radius 2 is 1.71 bits per heavy atom. The molecule has 0 aliphatic heterocycles. The number of methoxy groups -OCH3 is 1. The number of sulfonamides is 1. The van der Waals surface area contributed by atoms with E-state index in [4.69, 9.17) is 4.74 Å². The monoisotopic (exact) mass is 490 g/mol. The number of Topliss-reactive ketones (excluding diaryl/α,β-unsaturated/α-hetero) is 1. The van der Waals surface area contributed by atoms with Crippen LogP contribution in [0.2, 0.25) is 0 Å². The van der Waals surface area contributed by atoms with Gasteiger partial charge in [-0.25, -0.2) is 8.42 Å². The van der Waals surface area contributed by atoms with Crippen LogP contribution in [0.25, 0.3) is 0 Å². The van der Waals surface area contributed by atoms with Crippen LogP contribution >= 0.6 is 0 Å². The highest BCUT2D eigenvalue weighted by molar-refractivity contribution is 7.92. The van der Waals surface area contributed by atoms with Crippen LogP contribution in [0.1, 0.15) is 17.3 Å². The maximum Gasteiger partial charge on any atom is 0.387 e. The number of alkyl halides is 2. The van der Waals surface area contributed by atoms with Crippen molar-refractivity contribution >= 4 is 27.2 Å². The van der Waals surface area contributed by atoms with E-state index in [0.29, 0.717) is 17.1 Å². The molecule has 180 valence electrons. The molecule has 0 heterocycles. The summed E-state index contributed by atoms with van der Waals surface area (Å²) in [4.78, 5) is 12.6. The number of rotatable bonds is 11. The summed E-state index contributed by atoms with van der Waals surface area (Å²) in [6.45, 7) is -1.16. The Morgan fingerprint density at radius 3 is 2.29 bits per heavy atom. The summed E-state index contributed by atoms with van der Waals surface area (Å²) in [7, 11) is -2.45. The van der Waals surface area contributed by atoms with Gasteiger partial charge in [0.1, 0.15) is 11.5 Å². The van der Waals surface area contributed by atoms with E-state index in [1.54, 1.807) is 37.3 Å². The molecule has 0 saturated carbocycles. The molecule has 3 aromatic carbocycles. The molecule has 10 heteroatoms. The molecule has 0 saturated heterocycles. The third-order valence-electron chi connectivity index (χ3n) is 4.93. The van der Waals surface area contributed by atoms with Crippen molar-refractivity contribution < 1.29 is 31.5 Å². The van der Waals surface area contributed by atoms with E-state index in [-0.39, 0.29) is 35.1 Å². The number of anilines is 2. The lowest BCUT2D eigenvalue weighted by molar-refractivity contribution is -0.0498. The fourth-order valence-corrected chi connectivity index (χ4v) is 4.80. The minimum atomic E-state index is -3.88. The molecule has 0 unspecified atom stereocenters. The summed E-state index contributed by atoms with van der Waals surface area (Å²) in [5.41, 5.74) is 1.13. The number of nitrogens with zero attached hydrogens (tertiary/aromatic N) is 1. The topological polar surface area (TPSA) is 84.9 Å². The van der Waals surface area contributed by atoms with E-state index in [1.807, 2.05) is 0 Å². The Bertz CT molecular complexity index is 1220. The van der Waals surface area contributed by atoms with Crippen LogP contribution in [-0.4, -0.2) is 41.0 Å². The molecule has 0 amide bonds. The first kappa shape index (κ1) is 25.0. The van der Waals surface area contributed by atoms with Crippen LogP contribution in [0.4, 0.5) is 20.2 Å². The Balaban J connectivity index is 1.80. The van der Waals surface area contributed by atoms with E-state index in [0.717, 1.165) is 0 Å². The van der Waals surface area contributed by atoms with Gasteiger partial charge in [0.25, 0.3) is 10.0 Å². The minimum absolute atomic E-state index is 0.0300. The second kappa shape index (κ2) is 11.0. The zero-order valence-corrected chi connectivity index (χ0v) is 19.4. The van der Waals surface area contributed by atoms with Gasteiger partial charge in [0, 0.05) is 12.1 Å². The molecule has 0 spiro atoms. The zero-order chi connectivity index (χ0) is 24.7. The lowest BCUT2D eigenvalue weighted by Crippen LogP contribution is -2.30. The molecule has 7 nitrogen and oxygen atoms in total. The molecule has 3 aromatic rings. The van der Waals surface area contributed by atoms with Gasteiger partial charge in [-0.05, 0) is 61.5 Å². The molecular formula is C24H24F2N2O5S. The second-order valence-electron chi connectivity index (χ2n) is 7.05. The number of hydrogen-bond acceptors (Lipinski definition) is 6. The van der Waals surface area contributed by atoms with Gasteiger partial charge in [-0.1, -0.05) is 18.2 Å². The van der Waals surface area contributed by atoms with Crippen molar-refractivity contribution in [3.8, 4) is 11.5 Å². The number of carbonyl (C=O) groups excluding carboxylic acids is 1. The van der Waals surface area contributed by atoms with E-state index >= 15 is 0 Å². The summed E-state index contributed by atoms with van der Waals surface area (Å²) >= 11 is 0. The Morgan fingerprint density at radius 1 is 1.03 bits per heavy atom. The largest absolute Gasteiger partial charge is 0.495 e. The van der Waals surface area contributed by atoms with Gasteiger partial charge in [0.05, 0.1) is 29.9 Å². The van der Waals surface area contributed by atoms with Crippen LogP contribution < -0.4 is 19.1 Å². The van der Waals surface area contributed by atoms with Crippen molar-refractivity contribution in [2.24, 2.45) is 0 Å². The highest BCUT2D eigenvalue weighted by Gasteiger charge is 2.25. The first-order chi connectivity index (χ1) is 16.3. The molecule has 0 fully saturated rings. The van der Waals surface area contributed by atoms with Crippen LogP contribution in [-0.2, 0) is 10.0 Å². The summed E-state index contributed by atoms with van der Waals surface area (Å²) < 4.78 is 62.1. The van der Waals surface area contributed by atoms with Gasteiger partial charge in [-0.15, -0.1) is 0 Å². The van der Waals surface area contributed by atoms with Gasteiger partial charge >= 0.3 is 6.61 Å². The van der Waals surface area contributed by atoms with Crippen molar-refractivity contribution in [1.82, 2.24) is 0 Å². The van der Waals surface area contributed by atoms with Crippen molar-refractivity contribution in [1.29, 1.82) is 0 Å². The smallest absolute Gasteiger partial charge is 0.387 e. The van der Waals surface area contributed by atoms with E-state index in [1.165, 1.54) is 53.9 Å². The minimum Gasteiger partial charge on any atom is -0.495 e. The average molecular weight is 491 g/mol. The molecular weight excluding hydrogens is 466 g/mol. The van der Waals surface area contributed by atoms with Crippen LogP contribution in [0.15, 0.2) is 77.7 Å². The predicted octanol–water partition coefficient (Wildman–Crippen LogP) is 4.81. The molecule has 0 bridgehead atoms. The molecule has 0 aromatic heterocycles. The van der Waals surface area contributed by atoms with E-state index in [2.05, 4.69) is 10.1 Å². The highest BCUT2D eigenvalue weighted by Crippen LogP contribution is 2.30. The normalized spacial score (nSPS) is 11.2. The van der Waals surface area contributed by atoms with Crippen molar-refractivity contribution in [2.45, 2.75) is 18.4 Å². The lowest BCUT2D eigenvalue weighted by Gasteiger charge is -2.23. The predicted molar refractivity (Wildman–Crippen MR) is 126 cm³/mol. The number of ether oxygens (including phenoxy) is 2. The maximum atomic E-state index is 13.3. The number of nitrogens with one attached hydrogen (secondary N) is 1. The molecule has 0 atom stereocenters. The van der Waals surface area contributed by atoms with Gasteiger partial charge in [-0.2, -0.15) is 8.78 Å². The Hall–Kier alpha value is -3.66. The number of carbonyl (C=O) groups is 1. The third kappa shape index (κ3) is 5.82. The molecule has 1 N–H and O–H groups in total. The van der Waals surface area contributed by atoms with Crippen molar-refractivity contribution in [3.63, 3.8) is 0 Å². The number of para-hydroxylation sites is 1. The zero-order valence-electron chi connectivity index (χ0n) is 18.6. The Labute approximate surface area is 197 Å². The van der Waals surface area contributed by atoms with Crippen LogP contribution in [0.3, 0.4) is 0 Å². The summed E-state index contributed by atoms with van der Waals surface area (Å²) in [6.07, 6.45) is 0. The highest BCUT2D eigenvalue weighted by atomic mass is 32.2. The number of hydrogen-bond donors (Lipinski definition) is 1. The molecule has 0 radical (unpaired) electrons. The summed E-state index contributed by atoms with van der Waals surface area (Å²) in [5, 5.41) is 2.91. The Kier molecular flexibility index (Phi) is 8.06. The molecule has 3 rings (SSSR count). The standard InChI is InChI=1S/C24H24F2N2O5S/c1-3-28(18-7-5-4-6-8-18)34(30,31)20-13-14-23(32-2)21(15-20)27-16-22(29)17-9-11-19(12-10-17)33-24(25)26/h4-15,24,27H,3,16H2,1-2H3. The van der Waals surface area contributed by atoms with Gasteiger partial charge in [-0.3, -0.25) is 9.10 Å². The molecule has 34 heavy (non-hydrogen) atoms.